The number of aryl methyl sites for hydroxylation is 1. The van der Waals surface area contributed by atoms with E-state index in [0.717, 1.165) is 6.20 Å². The van der Waals surface area contributed by atoms with Crippen molar-refractivity contribution >= 4 is 17.8 Å². The highest BCUT2D eigenvalue weighted by Gasteiger charge is 2.38. The molecule has 0 radical (unpaired) electrons. The number of carboxylic acids is 2. The lowest BCUT2D eigenvalue weighted by Crippen LogP contribution is -2.21. The molecule has 4 N–H and O–H groups in total. The zero-order valence-corrected chi connectivity index (χ0v) is 12.3. The number of aromatic nitrogens is 1. The molecule has 1 heterocycles. The molecule has 15 heteroatoms. The summed E-state index contributed by atoms with van der Waals surface area (Å²) >= 11 is 0. The minimum Gasteiger partial charge on any atom is -0.475 e. The van der Waals surface area contributed by atoms with E-state index in [2.05, 4.69) is 4.98 Å². The van der Waals surface area contributed by atoms with Gasteiger partial charge < -0.3 is 15.9 Å². The van der Waals surface area contributed by atoms with Crippen molar-refractivity contribution in [3.8, 4) is 0 Å². The molecule has 0 saturated carbocycles. The molecule has 0 aliphatic rings. The summed E-state index contributed by atoms with van der Waals surface area (Å²) in [7, 11) is 0. The Morgan fingerprint density at radius 3 is 1.42 bits per heavy atom. The van der Waals surface area contributed by atoms with Gasteiger partial charge in [-0.05, 0) is 18.6 Å². The lowest BCUT2D eigenvalue weighted by Gasteiger charge is -2.08. The summed E-state index contributed by atoms with van der Waals surface area (Å²) < 4.78 is 99.8. The Labute approximate surface area is 138 Å². The van der Waals surface area contributed by atoms with Gasteiger partial charge >= 0.3 is 30.5 Å². The smallest absolute Gasteiger partial charge is 0.475 e. The molecule has 0 aliphatic carbocycles. The van der Waals surface area contributed by atoms with Crippen LogP contribution >= 0.6 is 0 Å². The number of halogens is 9. The normalized spacial score (nSPS) is 11.5. The van der Waals surface area contributed by atoms with Crippen LogP contribution in [0.5, 0.6) is 0 Å². The zero-order chi connectivity index (χ0) is 21.5. The van der Waals surface area contributed by atoms with Crippen LogP contribution in [0.2, 0.25) is 0 Å². The van der Waals surface area contributed by atoms with Gasteiger partial charge in [-0.2, -0.15) is 39.5 Å². The fraction of sp³-hybridized carbons (Fsp3) is 0.364. The molecule has 0 spiro atoms. The maximum absolute atomic E-state index is 12.1. The molecule has 0 atom stereocenters. The van der Waals surface area contributed by atoms with Crippen LogP contribution in [0.3, 0.4) is 0 Å². The van der Waals surface area contributed by atoms with Gasteiger partial charge in [0.2, 0.25) is 0 Å². The average molecular weight is 404 g/mol. The first-order chi connectivity index (χ1) is 11.3. The number of nitrogens with zero attached hydrogens (tertiary/aromatic N) is 1. The number of alkyl halides is 9. The summed E-state index contributed by atoms with van der Waals surface area (Å²) in [6, 6.07) is 1.20. The lowest BCUT2D eigenvalue weighted by molar-refractivity contribution is -0.193. The summed E-state index contributed by atoms with van der Waals surface area (Å²) in [4.78, 5) is 21.2. The van der Waals surface area contributed by atoms with Crippen LogP contribution in [0.1, 0.15) is 11.1 Å². The highest BCUT2D eigenvalue weighted by molar-refractivity contribution is 5.73. The molecule has 0 aromatic carbocycles. The van der Waals surface area contributed by atoms with E-state index in [0.29, 0.717) is 0 Å². The molecule has 1 rings (SSSR count). The second-order valence-electron chi connectivity index (χ2n) is 4.03. The summed E-state index contributed by atoms with van der Waals surface area (Å²) in [6.07, 6.45) is -13.8. The van der Waals surface area contributed by atoms with E-state index >= 15 is 0 Å². The Kier molecular flexibility index (Phi) is 8.92. The first-order valence-corrected chi connectivity index (χ1v) is 5.69. The van der Waals surface area contributed by atoms with E-state index < -0.39 is 36.0 Å². The van der Waals surface area contributed by atoms with Crippen molar-refractivity contribution in [3.63, 3.8) is 0 Å². The molecule has 150 valence electrons. The summed E-state index contributed by atoms with van der Waals surface area (Å²) in [6.45, 7) is 1.35. The van der Waals surface area contributed by atoms with E-state index in [1.54, 1.807) is 0 Å². The topological polar surface area (TPSA) is 114 Å². The van der Waals surface area contributed by atoms with Gasteiger partial charge in [-0.15, -0.1) is 0 Å². The van der Waals surface area contributed by atoms with Crippen LogP contribution in [-0.4, -0.2) is 39.5 Å². The Balaban J connectivity index is 0. The quantitative estimate of drug-likeness (QED) is 0.572. The number of nitrogen functional groups attached to an aromatic ring is 1. The maximum Gasteiger partial charge on any atom is 0.490 e. The van der Waals surface area contributed by atoms with Crippen LogP contribution in [0.25, 0.3) is 0 Å². The summed E-state index contributed by atoms with van der Waals surface area (Å²) in [5.41, 5.74) is 4.55. The first-order valence-electron chi connectivity index (χ1n) is 5.69. The fourth-order valence-corrected chi connectivity index (χ4v) is 0.875. The van der Waals surface area contributed by atoms with E-state index in [-0.39, 0.29) is 11.4 Å². The highest BCUT2D eigenvalue weighted by atomic mass is 19.4. The van der Waals surface area contributed by atoms with Crippen molar-refractivity contribution in [1.29, 1.82) is 0 Å². The van der Waals surface area contributed by atoms with E-state index in [1.165, 1.54) is 13.0 Å². The van der Waals surface area contributed by atoms with Gasteiger partial charge in [-0.25, -0.2) is 14.6 Å². The molecule has 1 aromatic heterocycles. The van der Waals surface area contributed by atoms with Gasteiger partial charge in [0.25, 0.3) is 0 Å². The third kappa shape index (κ3) is 10.9. The van der Waals surface area contributed by atoms with E-state index in [1.807, 2.05) is 0 Å². The fourth-order valence-electron chi connectivity index (χ4n) is 0.875. The Morgan fingerprint density at radius 2 is 1.23 bits per heavy atom. The van der Waals surface area contributed by atoms with Crippen molar-refractivity contribution < 1.29 is 59.3 Å². The minimum atomic E-state index is -5.08. The van der Waals surface area contributed by atoms with Crippen LogP contribution in [0.4, 0.5) is 45.3 Å². The van der Waals surface area contributed by atoms with Gasteiger partial charge in [0.15, 0.2) is 0 Å². The molecular formula is C11H9F9N2O4. The molecule has 1 aromatic rings. The van der Waals surface area contributed by atoms with Crippen molar-refractivity contribution in [1.82, 2.24) is 4.98 Å². The maximum atomic E-state index is 12.1. The van der Waals surface area contributed by atoms with Crippen LogP contribution < -0.4 is 5.73 Å². The summed E-state index contributed by atoms with van der Waals surface area (Å²) in [5.74, 6) is -5.42. The number of rotatable bonds is 0. The van der Waals surface area contributed by atoms with Crippen molar-refractivity contribution in [2.75, 3.05) is 5.73 Å². The number of hydrogen-bond donors (Lipinski definition) is 3. The number of pyridine rings is 1. The lowest BCUT2D eigenvalue weighted by atomic mass is 10.1. The largest absolute Gasteiger partial charge is 0.490 e. The SMILES string of the molecule is Cc1cc(N)ncc1C(F)(F)F.O=C(O)C(F)(F)F.O=C(O)C(F)(F)F. The average Bonchev–Trinajstić information content (AvgIpc) is 2.35. The summed E-state index contributed by atoms with van der Waals surface area (Å²) in [5, 5.41) is 14.2. The minimum absolute atomic E-state index is 0.0926. The van der Waals surface area contributed by atoms with Gasteiger partial charge in [-0.1, -0.05) is 0 Å². The number of aliphatic carboxylic acids is 2. The van der Waals surface area contributed by atoms with Crippen LogP contribution in [0.15, 0.2) is 12.3 Å². The van der Waals surface area contributed by atoms with Crippen molar-refractivity contribution in [2.45, 2.75) is 25.5 Å². The zero-order valence-electron chi connectivity index (χ0n) is 12.3. The first kappa shape index (κ1) is 25.5. The molecule has 0 aliphatic heterocycles. The number of carboxylic acid groups (broad SMARTS) is 2. The Hall–Kier alpha value is -2.74. The number of anilines is 1. The molecule has 26 heavy (non-hydrogen) atoms. The highest BCUT2D eigenvalue weighted by Crippen LogP contribution is 2.31. The molecule has 0 bridgehead atoms. The molecule has 6 nitrogen and oxygen atoms in total. The molecule has 0 saturated heterocycles. The molecule has 0 fully saturated rings. The molecular weight excluding hydrogens is 395 g/mol. The van der Waals surface area contributed by atoms with Gasteiger partial charge in [-0.3, -0.25) is 0 Å². The third-order valence-electron chi connectivity index (χ3n) is 1.92. The monoisotopic (exact) mass is 404 g/mol. The Bertz CT molecular complexity index is 600. The predicted octanol–water partition coefficient (Wildman–Crippen LogP) is 3.26. The van der Waals surface area contributed by atoms with Crippen molar-refractivity contribution in [3.05, 3.63) is 23.4 Å². The third-order valence-corrected chi connectivity index (χ3v) is 1.92. The van der Waals surface area contributed by atoms with Gasteiger partial charge in [0.05, 0.1) is 5.56 Å². The predicted molar refractivity (Wildman–Crippen MR) is 65.8 cm³/mol. The number of nitrogens with two attached hydrogens (primary N) is 1. The van der Waals surface area contributed by atoms with Gasteiger partial charge in [0.1, 0.15) is 5.82 Å². The second-order valence-corrected chi connectivity index (χ2v) is 4.03. The number of hydrogen-bond acceptors (Lipinski definition) is 4. The van der Waals surface area contributed by atoms with Crippen LogP contribution in [0, 0.1) is 6.92 Å². The standard InChI is InChI=1S/C7H7F3N2.2C2HF3O2/c1-4-2-6(11)12-3-5(4)7(8,9)10;2*3-2(4,5)1(6)7/h2-3H,1H3,(H2,11,12);2*(H,6,7). The molecule has 0 amide bonds. The number of carbonyl (C=O) groups is 2. The second kappa shape index (κ2) is 9.10. The van der Waals surface area contributed by atoms with E-state index in [9.17, 15) is 39.5 Å². The van der Waals surface area contributed by atoms with Crippen LogP contribution in [-0.2, 0) is 15.8 Å². The van der Waals surface area contributed by atoms with Gasteiger partial charge in [0, 0.05) is 6.20 Å². The molecule has 0 unspecified atom stereocenters. The Morgan fingerprint density at radius 1 is 0.923 bits per heavy atom. The van der Waals surface area contributed by atoms with E-state index in [4.69, 9.17) is 25.5 Å². The van der Waals surface area contributed by atoms with Crippen molar-refractivity contribution in [2.24, 2.45) is 0 Å².